The number of aromatic amines is 1. The average Bonchev–Trinajstić information content (AvgIpc) is 3.11. The fraction of sp³-hybridized carbons (Fsp3) is 0.438. The molecule has 140 valence electrons. The average molecular weight is 370 g/mol. The van der Waals surface area contributed by atoms with Gasteiger partial charge in [-0.25, -0.2) is 4.98 Å². The summed E-state index contributed by atoms with van der Waals surface area (Å²) < 4.78 is 43.6. The van der Waals surface area contributed by atoms with Gasteiger partial charge in [-0.3, -0.25) is 10.1 Å². The van der Waals surface area contributed by atoms with Crippen molar-refractivity contribution in [1.82, 2.24) is 15.3 Å². The molecule has 3 rings (SSSR count). The van der Waals surface area contributed by atoms with E-state index < -0.39 is 16.8 Å². The normalized spacial score (nSPS) is 15.8. The highest BCUT2D eigenvalue weighted by Crippen LogP contribution is 2.34. The minimum Gasteiger partial charge on any atom is -0.487 e. The Morgan fingerprint density at radius 2 is 2.04 bits per heavy atom. The summed E-state index contributed by atoms with van der Waals surface area (Å²) >= 11 is 0. The fourth-order valence-corrected chi connectivity index (χ4v) is 2.80. The predicted molar refractivity (Wildman–Crippen MR) is 86.8 cm³/mol. The second-order valence-electron chi connectivity index (χ2n) is 6.09. The maximum absolute atomic E-state index is 12.7. The van der Waals surface area contributed by atoms with Crippen LogP contribution in [0.5, 0.6) is 5.75 Å². The van der Waals surface area contributed by atoms with Crippen molar-refractivity contribution >= 4 is 5.69 Å². The molecule has 0 aliphatic carbocycles. The van der Waals surface area contributed by atoms with Crippen molar-refractivity contribution < 1.29 is 22.8 Å². The number of hydrogen-bond donors (Lipinski definition) is 2. The number of benzene rings is 1. The molecule has 10 heteroatoms. The maximum atomic E-state index is 12.7. The Kier molecular flexibility index (Phi) is 5.12. The van der Waals surface area contributed by atoms with Crippen molar-refractivity contribution in [3.63, 3.8) is 0 Å². The number of ether oxygens (including phenoxy) is 1. The minimum atomic E-state index is -4.56. The number of alkyl halides is 3. The van der Waals surface area contributed by atoms with Crippen LogP contribution in [0.1, 0.15) is 18.5 Å². The Bertz CT molecular complexity index is 785. The molecule has 1 aromatic carbocycles. The van der Waals surface area contributed by atoms with E-state index in [1.807, 2.05) is 0 Å². The molecule has 0 atom stereocenters. The molecule has 1 aromatic heterocycles. The van der Waals surface area contributed by atoms with E-state index in [2.05, 4.69) is 15.3 Å². The molecule has 7 nitrogen and oxygen atoms in total. The van der Waals surface area contributed by atoms with Crippen molar-refractivity contribution in [3.8, 4) is 17.1 Å². The van der Waals surface area contributed by atoms with Crippen molar-refractivity contribution in [2.24, 2.45) is 5.92 Å². The van der Waals surface area contributed by atoms with Gasteiger partial charge in [0.2, 0.25) is 0 Å². The number of rotatable bonds is 5. The number of halogens is 3. The van der Waals surface area contributed by atoms with Gasteiger partial charge < -0.3 is 15.0 Å². The number of piperidine rings is 1. The van der Waals surface area contributed by atoms with Gasteiger partial charge in [0.05, 0.1) is 17.7 Å². The molecular weight excluding hydrogens is 353 g/mol. The van der Waals surface area contributed by atoms with Gasteiger partial charge in [-0.2, -0.15) is 13.2 Å². The zero-order valence-corrected chi connectivity index (χ0v) is 13.7. The van der Waals surface area contributed by atoms with Gasteiger partial charge in [-0.1, -0.05) is 0 Å². The molecule has 0 unspecified atom stereocenters. The monoisotopic (exact) mass is 370 g/mol. The van der Waals surface area contributed by atoms with Crippen molar-refractivity contribution in [1.29, 1.82) is 0 Å². The number of nitro groups is 1. The molecule has 0 saturated carbocycles. The molecule has 2 heterocycles. The van der Waals surface area contributed by atoms with Crippen LogP contribution in [-0.4, -0.2) is 34.6 Å². The van der Waals surface area contributed by atoms with E-state index in [1.54, 1.807) is 0 Å². The molecule has 1 aliphatic heterocycles. The van der Waals surface area contributed by atoms with E-state index in [4.69, 9.17) is 4.74 Å². The molecular formula is C16H17F3N4O3. The summed E-state index contributed by atoms with van der Waals surface area (Å²) in [7, 11) is 0. The van der Waals surface area contributed by atoms with E-state index in [0.717, 1.165) is 32.0 Å². The molecule has 0 radical (unpaired) electrons. The lowest BCUT2D eigenvalue weighted by Gasteiger charge is -2.22. The Morgan fingerprint density at radius 1 is 1.31 bits per heavy atom. The largest absolute Gasteiger partial charge is 0.487 e. The summed E-state index contributed by atoms with van der Waals surface area (Å²) in [5.74, 6) is 0.320. The summed E-state index contributed by atoms with van der Waals surface area (Å²) in [5, 5.41) is 14.6. The third-order valence-electron chi connectivity index (χ3n) is 4.24. The molecule has 0 spiro atoms. The first-order chi connectivity index (χ1) is 12.3. The lowest BCUT2D eigenvalue weighted by atomic mass is 9.99. The first kappa shape index (κ1) is 18.2. The van der Waals surface area contributed by atoms with Gasteiger partial charge in [-0.05, 0) is 44.0 Å². The predicted octanol–water partition coefficient (Wildman–Crippen LogP) is 3.38. The van der Waals surface area contributed by atoms with Crippen LogP contribution >= 0.6 is 0 Å². The van der Waals surface area contributed by atoms with E-state index in [1.165, 1.54) is 12.1 Å². The van der Waals surface area contributed by atoms with Gasteiger partial charge in [0.25, 0.3) is 0 Å². The van der Waals surface area contributed by atoms with Crippen LogP contribution in [0.3, 0.4) is 0 Å². The van der Waals surface area contributed by atoms with Gasteiger partial charge in [0.1, 0.15) is 11.5 Å². The van der Waals surface area contributed by atoms with Crippen molar-refractivity contribution in [2.45, 2.75) is 19.0 Å². The van der Waals surface area contributed by atoms with Crippen LogP contribution < -0.4 is 10.1 Å². The summed E-state index contributed by atoms with van der Waals surface area (Å²) in [5.41, 5.74) is -1.14. The molecule has 26 heavy (non-hydrogen) atoms. The fourth-order valence-electron chi connectivity index (χ4n) is 2.80. The molecule has 0 bridgehead atoms. The van der Waals surface area contributed by atoms with Gasteiger partial charge >= 0.3 is 11.9 Å². The quantitative estimate of drug-likeness (QED) is 0.622. The third-order valence-corrected chi connectivity index (χ3v) is 4.24. The molecule has 2 N–H and O–H groups in total. The summed E-state index contributed by atoms with van der Waals surface area (Å²) in [6.07, 6.45) is -2.05. The van der Waals surface area contributed by atoms with Crippen LogP contribution in [-0.2, 0) is 6.18 Å². The summed E-state index contributed by atoms with van der Waals surface area (Å²) in [6.45, 7) is 2.13. The van der Waals surface area contributed by atoms with Gasteiger partial charge in [0, 0.05) is 11.6 Å². The van der Waals surface area contributed by atoms with Crippen molar-refractivity contribution in [3.05, 3.63) is 40.2 Å². The number of H-pyrrole nitrogens is 1. The standard InChI is InChI=1S/C16H17F3N4O3/c17-16(18,19)14-8-21-15(22-14)11-1-2-13(12(7-11)23(24)25)26-9-10-3-5-20-6-4-10/h1-2,7-8,10,20H,3-6,9H2,(H,21,22). The number of hydrogen-bond acceptors (Lipinski definition) is 5. The SMILES string of the molecule is O=[N+]([O-])c1cc(-c2ncc(C(F)(F)F)[nH]2)ccc1OCC1CCNCC1. The number of nitrogens with zero attached hydrogens (tertiary/aromatic N) is 2. The van der Waals surface area contributed by atoms with Crippen LogP contribution in [0.15, 0.2) is 24.4 Å². The van der Waals surface area contributed by atoms with Gasteiger partial charge in [0.15, 0.2) is 5.75 Å². The minimum absolute atomic E-state index is 0.0923. The zero-order chi connectivity index (χ0) is 18.7. The van der Waals surface area contributed by atoms with Crippen LogP contribution in [0.4, 0.5) is 18.9 Å². The molecule has 2 aromatic rings. The summed E-state index contributed by atoms with van der Waals surface area (Å²) in [4.78, 5) is 16.5. The van der Waals surface area contributed by atoms with Crippen LogP contribution in [0, 0.1) is 16.0 Å². The van der Waals surface area contributed by atoms with E-state index in [9.17, 15) is 23.3 Å². The number of aromatic nitrogens is 2. The second-order valence-corrected chi connectivity index (χ2v) is 6.09. The van der Waals surface area contributed by atoms with Crippen LogP contribution in [0.25, 0.3) is 11.4 Å². The molecule has 1 saturated heterocycles. The number of nitrogens with one attached hydrogen (secondary N) is 2. The lowest BCUT2D eigenvalue weighted by molar-refractivity contribution is -0.385. The number of imidazole rings is 1. The molecule has 1 fully saturated rings. The maximum Gasteiger partial charge on any atom is 0.432 e. The van der Waals surface area contributed by atoms with E-state index in [-0.39, 0.29) is 22.8 Å². The highest BCUT2D eigenvalue weighted by Gasteiger charge is 2.33. The molecule has 0 amide bonds. The Hall–Kier alpha value is -2.62. The van der Waals surface area contributed by atoms with Gasteiger partial charge in [-0.15, -0.1) is 0 Å². The second kappa shape index (κ2) is 7.32. The summed E-state index contributed by atoms with van der Waals surface area (Å²) in [6, 6.07) is 4.00. The van der Waals surface area contributed by atoms with E-state index in [0.29, 0.717) is 18.7 Å². The van der Waals surface area contributed by atoms with Crippen molar-refractivity contribution in [2.75, 3.05) is 19.7 Å². The first-order valence-corrected chi connectivity index (χ1v) is 8.09. The van der Waals surface area contributed by atoms with E-state index >= 15 is 0 Å². The Labute approximate surface area is 146 Å². The topological polar surface area (TPSA) is 93.1 Å². The molecule has 1 aliphatic rings. The first-order valence-electron chi connectivity index (χ1n) is 8.09. The number of nitro benzene ring substituents is 1. The Morgan fingerprint density at radius 3 is 2.65 bits per heavy atom. The lowest BCUT2D eigenvalue weighted by Crippen LogP contribution is -2.30. The third kappa shape index (κ3) is 4.13. The zero-order valence-electron chi connectivity index (χ0n) is 13.7. The van der Waals surface area contributed by atoms with Crippen LogP contribution in [0.2, 0.25) is 0 Å². The Balaban J connectivity index is 1.80. The highest BCUT2D eigenvalue weighted by molar-refractivity contribution is 5.63. The highest BCUT2D eigenvalue weighted by atomic mass is 19.4. The smallest absolute Gasteiger partial charge is 0.432 e.